The Labute approximate surface area is 183 Å². The zero-order chi connectivity index (χ0) is 22.6. The van der Waals surface area contributed by atoms with Gasteiger partial charge in [0.25, 0.3) is 0 Å². The summed E-state index contributed by atoms with van der Waals surface area (Å²) in [5.74, 6) is 1.14. The molecule has 3 heteroatoms. The van der Waals surface area contributed by atoms with Crippen LogP contribution in [0, 0.1) is 31.6 Å². The summed E-state index contributed by atoms with van der Waals surface area (Å²) < 4.78 is 0. The Bertz CT molecular complexity index is 803. The molecule has 0 amide bonds. The van der Waals surface area contributed by atoms with Gasteiger partial charge in [-0.1, -0.05) is 46.6 Å². The molecule has 3 nitrogen and oxygen atoms in total. The van der Waals surface area contributed by atoms with Gasteiger partial charge in [-0.25, -0.2) is 0 Å². The van der Waals surface area contributed by atoms with Crippen molar-refractivity contribution in [2.75, 3.05) is 0 Å². The summed E-state index contributed by atoms with van der Waals surface area (Å²) in [5, 5.41) is 0. The van der Waals surface area contributed by atoms with Crippen molar-refractivity contribution in [1.82, 2.24) is 0 Å². The maximum atomic E-state index is 13.2. The molecule has 0 N–H and O–H groups in total. The molecular weight excluding hydrogens is 372 g/mol. The average molecular weight is 413 g/mol. The first-order valence-corrected chi connectivity index (χ1v) is 11.8. The van der Waals surface area contributed by atoms with Crippen LogP contribution in [0.4, 0.5) is 0 Å². The van der Waals surface area contributed by atoms with Crippen LogP contribution in [0.25, 0.3) is 0 Å². The summed E-state index contributed by atoms with van der Waals surface area (Å²) in [6.45, 7) is 14.3. The van der Waals surface area contributed by atoms with Crippen molar-refractivity contribution in [3.8, 4) is 0 Å². The highest BCUT2D eigenvalue weighted by Gasteiger charge is 2.34. The zero-order valence-corrected chi connectivity index (χ0v) is 20.1. The monoisotopic (exact) mass is 412 g/mol. The quantitative estimate of drug-likeness (QED) is 0.409. The number of carbonyl (C=O) groups excluding carboxylic acids is 3. The lowest BCUT2D eigenvalue weighted by molar-refractivity contribution is -0.129. The molecule has 0 saturated carbocycles. The van der Waals surface area contributed by atoms with Gasteiger partial charge in [0, 0.05) is 17.9 Å². The molecule has 3 atom stereocenters. The molecule has 0 radical (unpaired) electrons. The third-order valence-electron chi connectivity index (χ3n) is 7.00. The summed E-state index contributed by atoms with van der Waals surface area (Å²) in [6, 6.07) is 2.27. The lowest BCUT2D eigenvalue weighted by Crippen LogP contribution is -2.30. The first-order valence-electron chi connectivity index (χ1n) is 11.8. The predicted octanol–water partition coefficient (Wildman–Crippen LogP) is 6.55. The minimum Gasteiger partial charge on any atom is -0.300 e. The van der Waals surface area contributed by atoms with E-state index in [1.165, 1.54) is 23.6 Å². The van der Waals surface area contributed by atoms with Crippen LogP contribution in [0.3, 0.4) is 0 Å². The molecule has 0 bridgehead atoms. The van der Waals surface area contributed by atoms with Gasteiger partial charge in [-0.3, -0.25) is 14.4 Å². The Morgan fingerprint density at radius 2 is 1.80 bits per heavy atom. The molecule has 1 aromatic carbocycles. The lowest BCUT2D eigenvalue weighted by atomic mass is 9.70. The first-order chi connectivity index (χ1) is 14.1. The summed E-state index contributed by atoms with van der Waals surface area (Å²) in [7, 11) is 0. The number of rotatable bonds is 10. The molecule has 0 aromatic heterocycles. The van der Waals surface area contributed by atoms with Crippen LogP contribution in [0.1, 0.15) is 112 Å². The van der Waals surface area contributed by atoms with Gasteiger partial charge in [0.15, 0.2) is 5.78 Å². The second-order valence-electron chi connectivity index (χ2n) is 9.76. The maximum absolute atomic E-state index is 13.2. The van der Waals surface area contributed by atoms with Crippen LogP contribution in [-0.4, -0.2) is 17.3 Å². The van der Waals surface area contributed by atoms with E-state index in [0.29, 0.717) is 12.3 Å². The number of hydrogen-bond donors (Lipinski definition) is 0. The second kappa shape index (κ2) is 10.5. The van der Waals surface area contributed by atoms with Crippen molar-refractivity contribution in [3.05, 3.63) is 33.9 Å². The van der Waals surface area contributed by atoms with Gasteiger partial charge in [-0.05, 0) is 80.0 Å². The molecule has 30 heavy (non-hydrogen) atoms. The zero-order valence-electron chi connectivity index (χ0n) is 20.1. The van der Waals surface area contributed by atoms with Crippen molar-refractivity contribution in [2.45, 2.75) is 99.3 Å². The third-order valence-corrected chi connectivity index (χ3v) is 7.00. The Kier molecular flexibility index (Phi) is 8.58. The van der Waals surface area contributed by atoms with E-state index in [9.17, 15) is 14.4 Å². The van der Waals surface area contributed by atoms with E-state index in [4.69, 9.17) is 0 Å². The van der Waals surface area contributed by atoms with Gasteiger partial charge in [0.2, 0.25) is 0 Å². The summed E-state index contributed by atoms with van der Waals surface area (Å²) >= 11 is 0. The minimum absolute atomic E-state index is 0.0428. The van der Waals surface area contributed by atoms with Crippen molar-refractivity contribution < 1.29 is 14.4 Å². The van der Waals surface area contributed by atoms with Crippen LogP contribution in [0.15, 0.2) is 6.07 Å². The largest absolute Gasteiger partial charge is 0.300 e. The molecule has 166 valence electrons. The predicted molar refractivity (Wildman–Crippen MR) is 123 cm³/mol. The number of hydrogen-bond acceptors (Lipinski definition) is 3. The number of benzene rings is 1. The molecule has 2 rings (SSSR count). The fraction of sp³-hybridized carbons (Fsp3) is 0.667. The summed E-state index contributed by atoms with van der Waals surface area (Å²) in [4.78, 5) is 37.5. The lowest BCUT2D eigenvalue weighted by Gasteiger charge is -2.33. The molecule has 0 heterocycles. The number of Topliss-reactive ketones (excluding diaryl/α,β-unsaturated/α-hetero) is 3. The minimum atomic E-state index is -0.0744. The molecule has 1 aromatic rings. The summed E-state index contributed by atoms with van der Waals surface area (Å²) in [5.41, 5.74) is 5.84. The van der Waals surface area contributed by atoms with Crippen molar-refractivity contribution >= 4 is 17.3 Å². The fourth-order valence-electron chi connectivity index (χ4n) is 5.48. The van der Waals surface area contributed by atoms with E-state index in [0.717, 1.165) is 43.2 Å². The van der Waals surface area contributed by atoms with E-state index in [-0.39, 0.29) is 41.5 Å². The Balaban J connectivity index is 2.33. The number of ketones is 3. The van der Waals surface area contributed by atoms with E-state index in [1.54, 1.807) is 0 Å². The van der Waals surface area contributed by atoms with Gasteiger partial charge in [0.05, 0.1) is 6.42 Å². The molecule has 1 aliphatic carbocycles. The van der Waals surface area contributed by atoms with Crippen LogP contribution in [0.5, 0.6) is 0 Å². The highest BCUT2D eigenvalue weighted by molar-refractivity contribution is 6.01. The topological polar surface area (TPSA) is 51.2 Å². The fourth-order valence-corrected chi connectivity index (χ4v) is 5.48. The van der Waals surface area contributed by atoms with Gasteiger partial charge in [-0.15, -0.1) is 0 Å². The first kappa shape index (κ1) is 24.5. The van der Waals surface area contributed by atoms with Crippen LogP contribution in [0.2, 0.25) is 0 Å². The number of aryl methyl sites for hydroxylation is 1. The smallest absolute Gasteiger partial charge is 0.163 e. The third kappa shape index (κ3) is 5.47. The van der Waals surface area contributed by atoms with Gasteiger partial charge in [0.1, 0.15) is 11.6 Å². The van der Waals surface area contributed by atoms with E-state index in [2.05, 4.69) is 47.6 Å². The molecule has 0 saturated heterocycles. The highest BCUT2D eigenvalue weighted by atomic mass is 16.1. The Morgan fingerprint density at radius 1 is 1.13 bits per heavy atom. The van der Waals surface area contributed by atoms with Crippen LogP contribution >= 0.6 is 0 Å². The molecule has 3 unspecified atom stereocenters. The van der Waals surface area contributed by atoms with Crippen molar-refractivity contribution in [3.63, 3.8) is 0 Å². The Morgan fingerprint density at radius 3 is 2.33 bits per heavy atom. The Hall–Kier alpha value is -1.77. The van der Waals surface area contributed by atoms with Gasteiger partial charge >= 0.3 is 0 Å². The van der Waals surface area contributed by atoms with Crippen molar-refractivity contribution in [2.24, 2.45) is 17.8 Å². The van der Waals surface area contributed by atoms with E-state index >= 15 is 0 Å². The highest BCUT2D eigenvalue weighted by Crippen LogP contribution is 2.39. The molecule has 0 fully saturated rings. The van der Waals surface area contributed by atoms with Crippen molar-refractivity contribution in [1.29, 1.82) is 0 Å². The molecule has 0 aliphatic heterocycles. The maximum Gasteiger partial charge on any atom is 0.163 e. The van der Waals surface area contributed by atoms with Gasteiger partial charge < -0.3 is 0 Å². The van der Waals surface area contributed by atoms with Crippen LogP contribution in [-0.2, 0) is 16.0 Å². The SMILES string of the molecule is CCCC(CC1CC(=O)c2c(C)c(C)cc(C(C)C)c2C1)C(CC)C(=O)CC(C)=O. The summed E-state index contributed by atoms with van der Waals surface area (Å²) in [6.07, 6.45) is 5.20. The molecular formula is C27H40O3. The normalized spacial score (nSPS) is 18.3. The molecule has 1 aliphatic rings. The van der Waals surface area contributed by atoms with Gasteiger partial charge in [-0.2, -0.15) is 0 Å². The number of fused-ring (bicyclic) bond motifs is 1. The van der Waals surface area contributed by atoms with Crippen LogP contribution < -0.4 is 0 Å². The standard InChI is InChI=1S/C27H40O3/c1-8-10-21(22(9-2)25(29)12-18(6)28)13-20-14-24-23(16(3)4)11-17(5)19(7)27(24)26(30)15-20/h11,16,20-22H,8-10,12-15H2,1-7H3. The van der Waals surface area contributed by atoms with E-state index in [1.807, 2.05) is 0 Å². The second-order valence-corrected chi connectivity index (χ2v) is 9.76. The number of carbonyl (C=O) groups is 3. The average Bonchev–Trinajstić information content (AvgIpc) is 2.64. The van der Waals surface area contributed by atoms with E-state index < -0.39 is 0 Å². The molecule has 0 spiro atoms.